The second kappa shape index (κ2) is 4.89. The Morgan fingerprint density at radius 2 is 1.20 bits per heavy atom. The number of thiocarbonyl (C=S) groups is 1. The number of carbonyl (C=O) groups excluding carboxylic acids is 2. The largest absolute Gasteiger partial charge is 0.375 e. The van der Waals surface area contributed by atoms with Crippen LogP contribution in [0.15, 0.2) is 48.5 Å². The highest BCUT2D eigenvalue weighted by Crippen LogP contribution is 2.60. The van der Waals surface area contributed by atoms with E-state index in [1.54, 1.807) is 0 Å². The SMILES string of the molecule is NC(=S)NN1C(=O)C2C3c4ccccc4C(c4ccccc43)C2C1=O. The number of rotatable bonds is 1. The van der Waals surface area contributed by atoms with Gasteiger partial charge in [-0.05, 0) is 34.5 Å². The van der Waals surface area contributed by atoms with Crippen molar-refractivity contribution >= 4 is 29.1 Å². The fourth-order valence-electron chi connectivity index (χ4n) is 4.90. The molecule has 0 aromatic heterocycles. The fraction of sp³-hybridized carbons (Fsp3) is 0.211. The van der Waals surface area contributed by atoms with E-state index < -0.39 is 11.8 Å². The molecule has 1 fully saturated rings. The second-order valence-corrected chi connectivity index (χ2v) is 7.19. The highest BCUT2D eigenvalue weighted by Gasteiger charge is 2.61. The van der Waals surface area contributed by atoms with E-state index in [4.69, 9.17) is 18.0 Å². The van der Waals surface area contributed by atoms with Crippen molar-refractivity contribution in [1.82, 2.24) is 10.4 Å². The van der Waals surface area contributed by atoms with Gasteiger partial charge in [0.05, 0.1) is 11.8 Å². The van der Waals surface area contributed by atoms with Crippen molar-refractivity contribution in [2.45, 2.75) is 11.8 Å². The van der Waals surface area contributed by atoms with Gasteiger partial charge in [-0.25, -0.2) is 0 Å². The number of nitrogens with zero attached hydrogens (tertiary/aromatic N) is 1. The Hall–Kier alpha value is -2.73. The van der Waals surface area contributed by atoms with Crippen LogP contribution in [0.5, 0.6) is 0 Å². The average Bonchev–Trinajstić information content (AvgIpc) is 2.87. The lowest BCUT2D eigenvalue weighted by molar-refractivity contribution is -0.142. The Kier molecular flexibility index (Phi) is 2.86. The summed E-state index contributed by atoms with van der Waals surface area (Å²) in [5, 5.41) is 0.942. The monoisotopic (exact) mass is 349 g/mol. The van der Waals surface area contributed by atoms with Crippen molar-refractivity contribution < 1.29 is 9.59 Å². The quantitative estimate of drug-likeness (QED) is 0.605. The van der Waals surface area contributed by atoms with Crippen molar-refractivity contribution in [3.8, 4) is 0 Å². The maximum atomic E-state index is 13.0. The molecule has 6 rings (SSSR count). The molecule has 2 atom stereocenters. The minimum absolute atomic E-state index is 0.0808. The van der Waals surface area contributed by atoms with Crippen LogP contribution in [0.2, 0.25) is 0 Å². The number of hydrogen-bond acceptors (Lipinski definition) is 3. The first-order valence-electron chi connectivity index (χ1n) is 8.21. The van der Waals surface area contributed by atoms with Gasteiger partial charge >= 0.3 is 0 Å². The summed E-state index contributed by atoms with van der Waals surface area (Å²) in [4.78, 5) is 26.0. The van der Waals surface area contributed by atoms with Crippen LogP contribution in [0.4, 0.5) is 0 Å². The van der Waals surface area contributed by atoms with Gasteiger partial charge in [0, 0.05) is 11.8 Å². The maximum absolute atomic E-state index is 13.0. The van der Waals surface area contributed by atoms with Crippen molar-refractivity contribution in [3.05, 3.63) is 70.8 Å². The van der Waals surface area contributed by atoms with Gasteiger partial charge in [-0.1, -0.05) is 48.5 Å². The molecular formula is C19H15N3O2S. The molecule has 6 heteroatoms. The molecule has 0 spiro atoms. The molecule has 5 nitrogen and oxygen atoms in total. The van der Waals surface area contributed by atoms with E-state index in [-0.39, 0.29) is 28.8 Å². The fourth-order valence-corrected chi connectivity index (χ4v) is 4.99. The van der Waals surface area contributed by atoms with E-state index >= 15 is 0 Å². The van der Waals surface area contributed by atoms with Gasteiger partial charge in [-0.15, -0.1) is 0 Å². The molecule has 4 aliphatic rings. The Bertz CT molecular complexity index is 842. The first kappa shape index (κ1) is 14.6. The normalized spacial score (nSPS) is 28.4. The van der Waals surface area contributed by atoms with E-state index in [0.717, 1.165) is 27.3 Å². The van der Waals surface area contributed by atoms with E-state index in [0.29, 0.717) is 0 Å². The summed E-state index contributed by atoms with van der Waals surface area (Å²) in [6.07, 6.45) is 0. The third-order valence-electron chi connectivity index (χ3n) is 5.67. The zero-order valence-corrected chi connectivity index (χ0v) is 14.0. The third kappa shape index (κ3) is 1.75. The predicted molar refractivity (Wildman–Crippen MR) is 95.3 cm³/mol. The minimum atomic E-state index is -0.413. The Balaban J connectivity index is 1.74. The van der Waals surface area contributed by atoms with Crippen LogP contribution in [0.1, 0.15) is 34.1 Å². The summed E-state index contributed by atoms with van der Waals surface area (Å²) in [6, 6.07) is 16.2. The molecule has 3 N–H and O–H groups in total. The van der Waals surface area contributed by atoms with Crippen LogP contribution >= 0.6 is 12.2 Å². The Morgan fingerprint density at radius 1 is 0.840 bits per heavy atom. The lowest BCUT2D eigenvalue weighted by Gasteiger charge is -2.45. The summed E-state index contributed by atoms with van der Waals surface area (Å²) in [5.41, 5.74) is 12.7. The minimum Gasteiger partial charge on any atom is -0.375 e. The van der Waals surface area contributed by atoms with Gasteiger partial charge in [-0.2, -0.15) is 5.01 Å². The van der Waals surface area contributed by atoms with Gasteiger partial charge in [0.25, 0.3) is 11.8 Å². The zero-order chi connectivity index (χ0) is 17.3. The van der Waals surface area contributed by atoms with Crippen LogP contribution in [0.3, 0.4) is 0 Å². The first-order valence-corrected chi connectivity index (χ1v) is 8.62. The van der Waals surface area contributed by atoms with Crippen LogP contribution < -0.4 is 11.2 Å². The van der Waals surface area contributed by atoms with Crippen molar-refractivity contribution in [2.75, 3.05) is 0 Å². The van der Waals surface area contributed by atoms with Gasteiger partial charge < -0.3 is 5.73 Å². The summed E-state index contributed by atoms with van der Waals surface area (Å²) in [6.45, 7) is 0. The molecule has 0 saturated carbocycles. The summed E-state index contributed by atoms with van der Waals surface area (Å²) >= 11 is 4.84. The number of amides is 2. The molecular weight excluding hydrogens is 334 g/mol. The Labute approximate surface area is 149 Å². The van der Waals surface area contributed by atoms with E-state index in [1.807, 2.05) is 24.3 Å². The van der Waals surface area contributed by atoms with Crippen molar-refractivity contribution in [1.29, 1.82) is 0 Å². The van der Waals surface area contributed by atoms with Gasteiger partial charge in [0.2, 0.25) is 0 Å². The van der Waals surface area contributed by atoms with Crippen molar-refractivity contribution in [3.63, 3.8) is 0 Å². The smallest absolute Gasteiger partial charge is 0.253 e. The maximum Gasteiger partial charge on any atom is 0.253 e. The second-order valence-electron chi connectivity index (χ2n) is 6.75. The third-order valence-corrected chi connectivity index (χ3v) is 5.76. The molecule has 124 valence electrons. The highest BCUT2D eigenvalue weighted by molar-refractivity contribution is 7.80. The van der Waals surface area contributed by atoms with E-state index in [9.17, 15) is 9.59 Å². The standard InChI is InChI=1S/C19H15N3O2S/c20-19(25)21-22-17(23)15-13-9-5-1-2-6-10(9)14(16(15)18(22)24)12-8-4-3-7-11(12)13/h1-8,13-16H,(H3,20,21,25). The lowest BCUT2D eigenvalue weighted by atomic mass is 9.55. The van der Waals surface area contributed by atoms with Gasteiger partial charge in [0.1, 0.15) is 0 Å². The molecule has 3 aliphatic carbocycles. The highest BCUT2D eigenvalue weighted by atomic mass is 32.1. The molecule has 2 amide bonds. The molecule has 2 aromatic rings. The molecule has 2 aromatic carbocycles. The van der Waals surface area contributed by atoms with Crippen LogP contribution in [0.25, 0.3) is 0 Å². The lowest BCUT2D eigenvalue weighted by Crippen LogP contribution is -2.48. The number of hydrazine groups is 1. The average molecular weight is 349 g/mol. The molecule has 1 aliphatic heterocycles. The number of imide groups is 1. The topological polar surface area (TPSA) is 75.4 Å². The molecule has 2 bridgehead atoms. The molecule has 0 radical (unpaired) electrons. The number of hydrogen-bond donors (Lipinski definition) is 2. The van der Waals surface area contributed by atoms with Crippen LogP contribution in [-0.4, -0.2) is 21.9 Å². The number of nitrogens with two attached hydrogens (primary N) is 1. The molecule has 1 heterocycles. The first-order chi connectivity index (χ1) is 12.1. The molecule has 2 unspecified atom stereocenters. The van der Waals surface area contributed by atoms with Crippen LogP contribution in [-0.2, 0) is 9.59 Å². The summed E-state index contributed by atoms with van der Waals surface area (Å²) in [7, 11) is 0. The van der Waals surface area contributed by atoms with Gasteiger partial charge in [0.15, 0.2) is 5.11 Å². The number of benzene rings is 2. The Morgan fingerprint density at radius 3 is 1.52 bits per heavy atom. The number of carbonyl (C=O) groups is 2. The van der Waals surface area contributed by atoms with Crippen molar-refractivity contribution in [2.24, 2.45) is 17.6 Å². The predicted octanol–water partition coefficient (Wildman–Crippen LogP) is 1.63. The molecule has 1 saturated heterocycles. The zero-order valence-electron chi connectivity index (χ0n) is 13.2. The summed E-state index contributed by atoms with van der Waals surface area (Å²) < 4.78 is 0. The van der Waals surface area contributed by atoms with E-state index in [2.05, 4.69) is 29.7 Å². The summed E-state index contributed by atoms with van der Waals surface area (Å²) in [5.74, 6) is -1.55. The number of nitrogens with one attached hydrogen (secondary N) is 1. The van der Waals surface area contributed by atoms with E-state index in [1.165, 1.54) is 0 Å². The van der Waals surface area contributed by atoms with Crippen LogP contribution in [0, 0.1) is 11.8 Å². The molecule has 25 heavy (non-hydrogen) atoms. The van der Waals surface area contributed by atoms with Gasteiger partial charge in [-0.3, -0.25) is 15.0 Å².